The van der Waals surface area contributed by atoms with Crippen molar-refractivity contribution in [1.82, 2.24) is 4.98 Å². The molecule has 1 aromatic heterocycles. The Hall–Kier alpha value is -1.09. The molecule has 0 aliphatic heterocycles. The number of nitrogens with zero attached hydrogens (tertiary/aromatic N) is 1. The quantitative estimate of drug-likeness (QED) is 0.784. The molecular weight excluding hydrogens is 250 g/mol. The monoisotopic (exact) mass is 269 g/mol. The van der Waals surface area contributed by atoms with Gasteiger partial charge in [0.05, 0.1) is 22.9 Å². The van der Waals surface area contributed by atoms with Crippen LogP contribution in [0.25, 0.3) is 0 Å². The lowest BCUT2D eigenvalue weighted by molar-refractivity contribution is 0.0526. The van der Waals surface area contributed by atoms with Crippen LogP contribution >= 0.6 is 11.6 Å². The molecule has 0 fully saturated rings. The molecule has 4 heteroatoms. The first-order valence-electron chi connectivity index (χ1n) is 6.17. The van der Waals surface area contributed by atoms with E-state index in [1.54, 1.807) is 6.92 Å². The highest BCUT2D eigenvalue weighted by Crippen LogP contribution is 2.31. The normalized spacial score (nSPS) is 11.4. The van der Waals surface area contributed by atoms with E-state index in [1.165, 1.54) is 6.20 Å². The van der Waals surface area contributed by atoms with Crippen LogP contribution in [0.5, 0.6) is 0 Å². The van der Waals surface area contributed by atoms with Crippen LogP contribution in [-0.4, -0.2) is 17.6 Å². The maximum Gasteiger partial charge on any atom is 0.341 e. The molecule has 0 radical (unpaired) electrons. The summed E-state index contributed by atoms with van der Waals surface area (Å²) < 4.78 is 4.97. The van der Waals surface area contributed by atoms with E-state index in [4.69, 9.17) is 16.3 Å². The lowest BCUT2D eigenvalue weighted by Gasteiger charge is -2.22. The van der Waals surface area contributed by atoms with Gasteiger partial charge in [-0.15, -0.1) is 0 Å². The molecule has 0 spiro atoms. The van der Waals surface area contributed by atoms with E-state index in [2.05, 4.69) is 25.8 Å². The number of carbonyl (C=O) groups excluding carboxylic acids is 1. The lowest BCUT2D eigenvalue weighted by Crippen LogP contribution is -2.18. The average molecular weight is 270 g/mol. The third-order valence-corrected chi connectivity index (χ3v) is 3.10. The van der Waals surface area contributed by atoms with E-state index >= 15 is 0 Å². The summed E-state index contributed by atoms with van der Waals surface area (Å²) in [5, 5.41) is 0.468. The molecule has 0 atom stereocenters. The summed E-state index contributed by atoms with van der Waals surface area (Å²) in [6.07, 6.45) is 2.26. The van der Waals surface area contributed by atoms with Crippen molar-refractivity contribution in [2.75, 3.05) is 6.61 Å². The van der Waals surface area contributed by atoms with Gasteiger partial charge in [-0.3, -0.25) is 4.98 Å². The molecule has 100 valence electrons. The molecule has 0 unspecified atom stereocenters. The van der Waals surface area contributed by atoms with Crippen LogP contribution in [0, 0.1) is 0 Å². The fourth-order valence-electron chi connectivity index (χ4n) is 1.85. The summed E-state index contributed by atoms with van der Waals surface area (Å²) in [4.78, 5) is 16.1. The summed E-state index contributed by atoms with van der Waals surface area (Å²) >= 11 is 6.31. The maximum absolute atomic E-state index is 11.7. The summed E-state index contributed by atoms with van der Waals surface area (Å²) in [7, 11) is 0. The Kier molecular flexibility index (Phi) is 4.74. The van der Waals surface area contributed by atoms with E-state index in [0.29, 0.717) is 17.2 Å². The van der Waals surface area contributed by atoms with Gasteiger partial charge in [0.2, 0.25) is 0 Å². The van der Waals surface area contributed by atoms with Crippen LogP contribution in [0.1, 0.15) is 56.2 Å². The number of hydrogen-bond donors (Lipinski definition) is 0. The molecule has 18 heavy (non-hydrogen) atoms. The van der Waals surface area contributed by atoms with Crippen molar-refractivity contribution in [3.63, 3.8) is 0 Å². The fraction of sp³-hybridized carbons (Fsp3) is 0.571. The predicted molar refractivity (Wildman–Crippen MR) is 73.3 cm³/mol. The van der Waals surface area contributed by atoms with Gasteiger partial charge in [0.1, 0.15) is 0 Å². The highest BCUT2D eigenvalue weighted by Gasteiger charge is 2.24. The minimum Gasteiger partial charge on any atom is -0.462 e. The maximum atomic E-state index is 11.7. The molecule has 0 saturated carbocycles. The Balaban J connectivity index is 3.33. The zero-order valence-electron chi connectivity index (χ0n) is 11.6. The number of esters is 1. The second-order valence-corrected chi connectivity index (χ2v) is 5.52. The Labute approximate surface area is 114 Å². The Morgan fingerprint density at radius 2 is 2.00 bits per heavy atom. The number of ether oxygens (including phenoxy) is 1. The van der Waals surface area contributed by atoms with Crippen molar-refractivity contribution in [2.24, 2.45) is 0 Å². The van der Waals surface area contributed by atoms with Gasteiger partial charge in [-0.25, -0.2) is 4.79 Å². The van der Waals surface area contributed by atoms with Gasteiger partial charge in [-0.05, 0) is 18.9 Å². The smallest absolute Gasteiger partial charge is 0.341 e. The zero-order chi connectivity index (χ0) is 13.9. The summed E-state index contributed by atoms with van der Waals surface area (Å²) in [6, 6.07) is 0. The molecular formula is C14H20ClNO2. The van der Waals surface area contributed by atoms with Crippen molar-refractivity contribution in [2.45, 2.75) is 46.5 Å². The van der Waals surface area contributed by atoms with E-state index in [9.17, 15) is 4.79 Å². The number of hydrogen-bond acceptors (Lipinski definition) is 3. The van der Waals surface area contributed by atoms with Gasteiger partial charge in [0.15, 0.2) is 0 Å². The van der Waals surface area contributed by atoms with Crippen LogP contribution in [0.3, 0.4) is 0 Å². The fourth-order valence-corrected chi connectivity index (χ4v) is 2.20. The standard InChI is InChI=1S/C14H20ClNO2/c1-6-9-11(15)10(13(17)18-7-2)8-16-12(9)14(3,4)5/h8H,6-7H2,1-5H3. The van der Waals surface area contributed by atoms with E-state index in [-0.39, 0.29) is 5.41 Å². The van der Waals surface area contributed by atoms with Gasteiger partial charge in [-0.1, -0.05) is 39.3 Å². The van der Waals surface area contributed by atoms with Gasteiger partial charge >= 0.3 is 5.97 Å². The first-order chi connectivity index (χ1) is 8.32. The molecule has 0 aliphatic carbocycles. The molecule has 1 rings (SSSR count). The molecule has 0 bridgehead atoms. The molecule has 0 N–H and O–H groups in total. The van der Waals surface area contributed by atoms with E-state index in [1.807, 2.05) is 6.92 Å². The SMILES string of the molecule is CCOC(=O)c1cnc(C(C)(C)C)c(CC)c1Cl. The highest BCUT2D eigenvalue weighted by atomic mass is 35.5. The zero-order valence-corrected chi connectivity index (χ0v) is 12.4. The number of rotatable bonds is 3. The first-order valence-corrected chi connectivity index (χ1v) is 6.55. The largest absolute Gasteiger partial charge is 0.462 e. The van der Waals surface area contributed by atoms with Crippen molar-refractivity contribution in [3.05, 3.63) is 28.0 Å². The van der Waals surface area contributed by atoms with Gasteiger partial charge in [0.25, 0.3) is 0 Å². The molecule has 1 heterocycles. The van der Waals surface area contributed by atoms with Crippen LogP contribution in [0.2, 0.25) is 5.02 Å². The Morgan fingerprint density at radius 3 is 2.44 bits per heavy atom. The minimum absolute atomic E-state index is 0.0951. The number of carbonyl (C=O) groups is 1. The van der Waals surface area contributed by atoms with Crippen LogP contribution in [-0.2, 0) is 16.6 Å². The Morgan fingerprint density at radius 1 is 1.39 bits per heavy atom. The van der Waals surface area contributed by atoms with Crippen molar-refractivity contribution in [3.8, 4) is 0 Å². The molecule has 1 aromatic rings. The molecule has 0 saturated heterocycles. The molecule has 0 aromatic carbocycles. The second kappa shape index (κ2) is 5.70. The number of halogens is 1. The van der Waals surface area contributed by atoms with E-state index < -0.39 is 5.97 Å². The lowest BCUT2D eigenvalue weighted by atomic mass is 9.87. The molecule has 0 aliphatic rings. The summed E-state index contributed by atoms with van der Waals surface area (Å²) in [5.41, 5.74) is 2.11. The highest BCUT2D eigenvalue weighted by molar-refractivity contribution is 6.34. The average Bonchev–Trinajstić information content (AvgIpc) is 2.27. The van der Waals surface area contributed by atoms with Gasteiger partial charge in [0, 0.05) is 11.6 Å². The predicted octanol–water partition coefficient (Wildman–Crippen LogP) is 3.77. The van der Waals surface area contributed by atoms with Crippen molar-refractivity contribution < 1.29 is 9.53 Å². The van der Waals surface area contributed by atoms with Crippen LogP contribution < -0.4 is 0 Å². The van der Waals surface area contributed by atoms with E-state index in [0.717, 1.165) is 17.7 Å². The molecule has 0 amide bonds. The second-order valence-electron chi connectivity index (χ2n) is 5.14. The summed E-state index contributed by atoms with van der Waals surface area (Å²) in [5.74, 6) is -0.412. The number of pyridine rings is 1. The van der Waals surface area contributed by atoms with Crippen molar-refractivity contribution >= 4 is 17.6 Å². The Bertz CT molecular complexity index is 450. The summed E-state index contributed by atoms with van der Waals surface area (Å²) in [6.45, 7) is 10.3. The van der Waals surface area contributed by atoms with Gasteiger partial charge < -0.3 is 4.74 Å². The first kappa shape index (κ1) is 15.0. The van der Waals surface area contributed by atoms with Gasteiger partial charge in [-0.2, -0.15) is 0 Å². The molecule has 3 nitrogen and oxygen atoms in total. The van der Waals surface area contributed by atoms with Crippen LogP contribution in [0.15, 0.2) is 6.20 Å². The van der Waals surface area contributed by atoms with Crippen LogP contribution in [0.4, 0.5) is 0 Å². The minimum atomic E-state index is -0.412. The third-order valence-electron chi connectivity index (χ3n) is 2.67. The third kappa shape index (κ3) is 3.02. The number of aromatic nitrogens is 1. The topological polar surface area (TPSA) is 39.2 Å². The van der Waals surface area contributed by atoms with Crippen molar-refractivity contribution in [1.29, 1.82) is 0 Å².